The van der Waals surface area contributed by atoms with E-state index in [-0.39, 0.29) is 11.5 Å². The second-order valence-corrected chi connectivity index (χ2v) is 3.61. The van der Waals surface area contributed by atoms with Gasteiger partial charge in [-0.2, -0.15) is 0 Å². The molecule has 1 N–H and O–H groups in total. The summed E-state index contributed by atoms with van der Waals surface area (Å²) in [5.41, 5.74) is 3.60. The second-order valence-electron chi connectivity index (χ2n) is 3.61. The first-order valence-electron chi connectivity index (χ1n) is 4.74. The molecule has 72 valence electrons. The van der Waals surface area contributed by atoms with E-state index in [0.717, 1.165) is 16.7 Å². The molecular weight excluding hydrogens is 188 g/mol. The van der Waals surface area contributed by atoms with E-state index in [1.165, 1.54) is 6.08 Å². The summed E-state index contributed by atoms with van der Waals surface area (Å²) < 4.78 is 0. The number of ketones is 1. The summed E-state index contributed by atoms with van der Waals surface area (Å²) in [5.74, 6) is -0.471. The van der Waals surface area contributed by atoms with Crippen molar-refractivity contribution in [1.29, 1.82) is 0 Å². The Labute approximate surface area is 86.9 Å². The molecular formula is C13H8O2. The van der Waals surface area contributed by atoms with Crippen LogP contribution in [0.15, 0.2) is 47.7 Å². The van der Waals surface area contributed by atoms with Crippen LogP contribution in [-0.2, 0) is 4.79 Å². The number of hydrogen-bond acceptors (Lipinski definition) is 2. The standard InChI is InChI=1S/C13H8O2/c14-12-6-5-10-9-4-2-1-3-8(9)7-11(10)13(12)15/h1-7,14H. The quantitative estimate of drug-likeness (QED) is 0.692. The van der Waals surface area contributed by atoms with Crippen LogP contribution in [0.25, 0.3) is 11.6 Å². The van der Waals surface area contributed by atoms with Gasteiger partial charge in [-0.25, -0.2) is 0 Å². The van der Waals surface area contributed by atoms with Crippen LogP contribution >= 0.6 is 0 Å². The van der Waals surface area contributed by atoms with Gasteiger partial charge in [0, 0.05) is 5.57 Å². The number of allylic oxidation sites excluding steroid dienone is 4. The lowest BCUT2D eigenvalue weighted by Crippen LogP contribution is -2.08. The van der Waals surface area contributed by atoms with Gasteiger partial charge in [-0.05, 0) is 34.9 Å². The van der Waals surface area contributed by atoms with Gasteiger partial charge in [0.15, 0.2) is 5.76 Å². The third kappa shape index (κ3) is 1.02. The maximum atomic E-state index is 11.6. The van der Waals surface area contributed by atoms with Gasteiger partial charge in [-0.1, -0.05) is 24.3 Å². The summed E-state index contributed by atoms with van der Waals surface area (Å²) in [6, 6.07) is 7.82. The van der Waals surface area contributed by atoms with E-state index < -0.39 is 0 Å². The van der Waals surface area contributed by atoms with E-state index in [1.807, 2.05) is 30.3 Å². The number of benzene rings is 1. The average molecular weight is 196 g/mol. The number of hydrogen-bond donors (Lipinski definition) is 1. The SMILES string of the molecule is O=C1C(O)=CC=C2C1=Cc1ccccc12. The molecule has 0 aliphatic heterocycles. The molecule has 0 saturated carbocycles. The molecule has 0 heterocycles. The average Bonchev–Trinajstić information content (AvgIpc) is 2.63. The molecule has 2 aliphatic rings. The molecule has 2 aliphatic carbocycles. The van der Waals surface area contributed by atoms with Crippen molar-refractivity contribution in [3.05, 3.63) is 58.9 Å². The molecule has 0 atom stereocenters. The maximum Gasteiger partial charge on any atom is 0.227 e. The lowest BCUT2D eigenvalue weighted by atomic mass is 9.95. The number of Topliss-reactive ketones (excluding diaryl/α,β-unsaturated/α-hetero) is 1. The van der Waals surface area contributed by atoms with E-state index in [9.17, 15) is 9.90 Å². The minimum Gasteiger partial charge on any atom is -0.504 e. The van der Waals surface area contributed by atoms with Crippen LogP contribution in [0.4, 0.5) is 0 Å². The van der Waals surface area contributed by atoms with Gasteiger partial charge in [0.1, 0.15) is 0 Å². The molecule has 0 saturated heterocycles. The highest BCUT2D eigenvalue weighted by atomic mass is 16.3. The van der Waals surface area contributed by atoms with Gasteiger partial charge in [-0.3, -0.25) is 4.79 Å². The molecule has 0 fully saturated rings. The van der Waals surface area contributed by atoms with Crippen molar-refractivity contribution in [2.75, 3.05) is 0 Å². The zero-order chi connectivity index (χ0) is 10.4. The maximum absolute atomic E-state index is 11.6. The molecule has 0 amide bonds. The van der Waals surface area contributed by atoms with Crippen molar-refractivity contribution in [2.45, 2.75) is 0 Å². The Kier molecular flexibility index (Phi) is 1.48. The van der Waals surface area contributed by atoms with E-state index in [1.54, 1.807) is 6.08 Å². The van der Waals surface area contributed by atoms with Crippen molar-refractivity contribution >= 4 is 17.4 Å². The van der Waals surface area contributed by atoms with Gasteiger partial charge >= 0.3 is 0 Å². The number of carbonyl (C=O) groups is 1. The number of fused-ring (bicyclic) bond motifs is 3. The second kappa shape index (κ2) is 2.70. The van der Waals surface area contributed by atoms with E-state index >= 15 is 0 Å². The number of rotatable bonds is 0. The monoisotopic (exact) mass is 196 g/mol. The van der Waals surface area contributed by atoms with Crippen molar-refractivity contribution < 1.29 is 9.90 Å². The minimum absolute atomic E-state index is 0.183. The molecule has 0 bridgehead atoms. The Morgan fingerprint density at radius 1 is 1.00 bits per heavy atom. The molecule has 0 unspecified atom stereocenters. The molecule has 3 rings (SSSR count). The number of aliphatic hydroxyl groups is 1. The zero-order valence-corrected chi connectivity index (χ0v) is 7.90. The van der Waals surface area contributed by atoms with Gasteiger partial charge in [0.2, 0.25) is 5.78 Å². The van der Waals surface area contributed by atoms with Gasteiger partial charge in [-0.15, -0.1) is 0 Å². The molecule has 0 radical (unpaired) electrons. The third-order valence-electron chi connectivity index (χ3n) is 2.73. The highest BCUT2D eigenvalue weighted by Crippen LogP contribution is 2.38. The fourth-order valence-electron chi connectivity index (χ4n) is 1.99. The van der Waals surface area contributed by atoms with Crippen LogP contribution in [0.5, 0.6) is 0 Å². The minimum atomic E-state index is -0.288. The smallest absolute Gasteiger partial charge is 0.227 e. The Hall–Kier alpha value is -2.09. The zero-order valence-electron chi connectivity index (χ0n) is 7.90. The van der Waals surface area contributed by atoms with Crippen LogP contribution in [-0.4, -0.2) is 10.9 Å². The molecule has 1 aromatic rings. The first-order valence-corrected chi connectivity index (χ1v) is 4.74. The van der Waals surface area contributed by atoms with Gasteiger partial charge in [0.25, 0.3) is 0 Å². The van der Waals surface area contributed by atoms with Crippen molar-refractivity contribution in [3.8, 4) is 0 Å². The predicted octanol–water partition coefficient (Wildman–Crippen LogP) is 2.49. The van der Waals surface area contributed by atoms with Crippen LogP contribution in [0.2, 0.25) is 0 Å². The topological polar surface area (TPSA) is 37.3 Å². The molecule has 0 spiro atoms. The van der Waals surface area contributed by atoms with E-state index in [4.69, 9.17) is 0 Å². The van der Waals surface area contributed by atoms with Crippen molar-refractivity contribution in [2.24, 2.45) is 0 Å². The van der Waals surface area contributed by atoms with Crippen LogP contribution < -0.4 is 0 Å². The molecule has 0 aromatic heterocycles. The summed E-state index contributed by atoms with van der Waals surface area (Å²) in [5, 5.41) is 9.33. The molecule has 2 heteroatoms. The van der Waals surface area contributed by atoms with Gasteiger partial charge < -0.3 is 5.11 Å². The van der Waals surface area contributed by atoms with Crippen molar-refractivity contribution in [3.63, 3.8) is 0 Å². The lowest BCUT2D eigenvalue weighted by molar-refractivity contribution is -0.114. The van der Waals surface area contributed by atoms with Crippen molar-refractivity contribution in [1.82, 2.24) is 0 Å². The summed E-state index contributed by atoms with van der Waals surface area (Å²) in [4.78, 5) is 11.6. The molecule has 2 nitrogen and oxygen atoms in total. The fraction of sp³-hybridized carbons (Fsp3) is 0. The molecule has 15 heavy (non-hydrogen) atoms. The Morgan fingerprint density at radius 2 is 1.80 bits per heavy atom. The highest BCUT2D eigenvalue weighted by molar-refractivity contribution is 6.24. The summed E-state index contributed by atoms with van der Waals surface area (Å²) in [6.45, 7) is 0. The summed E-state index contributed by atoms with van der Waals surface area (Å²) >= 11 is 0. The fourth-order valence-corrected chi connectivity index (χ4v) is 1.99. The van der Waals surface area contributed by atoms with Crippen LogP contribution in [0.1, 0.15) is 11.1 Å². The Bertz CT molecular complexity index is 560. The Morgan fingerprint density at radius 3 is 2.67 bits per heavy atom. The first kappa shape index (κ1) is 8.24. The first-order chi connectivity index (χ1) is 7.27. The number of carbonyl (C=O) groups excluding carboxylic acids is 1. The van der Waals surface area contributed by atoms with E-state index in [0.29, 0.717) is 5.57 Å². The largest absolute Gasteiger partial charge is 0.504 e. The normalized spacial score (nSPS) is 17.6. The Balaban J connectivity index is 2.26. The number of aliphatic hydroxyl groups excluding tert-OH is 1. The predicted molar refractivity (Wildman–Crippen MR) is 58.1 cm³/mol. The van der Waals surface area contributed by atoms with Crippen LogP contribution in [0, 0.1) is 0 Å². The molecule has 1 aromatic carbocycles. The summed E-state index contributed by atoms with van der Waals surface area (Å²) in [6.07, 6.45) is 5.07. The lowest BCUT2D eigenvalue weighted by Gasteiger charge is -2.09. The van der Waals surface area contributed by atoms with Gasteiger partial charge in [0.05, 0.1) is 0 Å². The highest BCUT2D eigenvalue weighted by Gasteiger charge is 2.27. The third-order valence-corrected chi connectivity index (χ3v) is 2.73. The van der Waals surface area contributed by atoms with Crippen LogP contribution in [0.3, 0.4) is 0 Å². The van der Waals surface area contributed by atoms with E-state index in [2.05, 4.69) is 0 Å². The summed E-state index contributed by atoms with van der Waals surface area (Å²) in [7, 11) is 0.